The lowest BCUT2D eigenvalue weighted by molar-refractivity contribution is -0.143. The van der Waals surface area contributed by atoms with E-state index in [-0.39, 0.29) is 11.9 Å². The Kier molecular flexibility index (Phi) is 4.15. The highest BCUT2D eigenvalue weighted by Crippen LogP contribution is 2.25. The van der Waals surface area contributed by atoms with E-state index in [9.17, 15) is 4.79 Å². The highest BCUT2D eigenvalue weighted by Gasteiger charge is 2.14. The number of anilines is 1. The number of carbonyl (C=O) groups excluding carboxylic acids is 1. The lowest BCUT2D eigenvalue weighted by atomic mass is 10.2. The molecule has 1 heterocycles. The monoisotopic (exact) mass is 233 g/mol. The summed E-state index contributed by atoms with van der Waals surface area (Å²) in [6, 6.07) is 0. The molecule has 5 nitrogen and oxygen atoms in total. The molecule has 0 saturated carbocycles. The lowest BCUT2D eigenvalue weighted by Gasteiger charge is -2.05. The second-order valence-electron chi connectivity index (χ2n) is 2.64. The zero-order valence-corrected chi connectivity index (χ0v) is 9.52. The van der Waals surface area contributed by atoms with E-state index in [0.29, 0.717) is 10.9 Å². The highest BCUT2D eigenvalue weighted by molar-refractivity contribution is 8.01. The molecule has 0 fully saturated rings. The van der Waals surface area contributed by atoms with Crippen LogP contribution in [0, 0.1) is 5.92 Å². The Morgan fingerprint density at radius 2 is 2.43 bits per heavy atom. The molecule has 1 unspecified atom stereocenters. The molecule has 1 rings (SSSR count). The van der Waals surface area contributed by atoms with E-state index in [2.05, 4.69) is 14.9 Å². The van der Waals surface area contributed by atoms with Gasteiger partial charge in [-0.05, 0) is 0 Å². The quantitative estimate of drug-likeness (QED) is 0.618. The number of hydrogen-bond donors (Lipinski definition) is 1. The molecule has 0 saturated heterocycles. The molecular formula is C7H11N3O2S2. The van der Waals surface area contributed by atoms with Crippen molar-refractivity contribution in [3.8, 4) is 0 Å². The first-order chi connectivity index (χ1) is 6.63. The Hall–Kier alpha value is -0.820. The molecule has 7 heteroatoms. The first-order valence-electron chi connectivity index (χ1n) is 3.93. The second kappa shape index (κ2) is 5.16. The Bertz CT molecular complexity index is 316. The molecule has 0 radical (unpaired) electrons. The zero-order chi connectivity index (χ0) is 10.6. The third kappa shape index (κ3) is 3.15. The fourth-order valence-electron chi connectivity index (χ4n) is 0.744. The average molecular weight is 233 g/mol. The van der Waals surface area contributed by atoms with Crippen molar-refractivity contribution in [2.75, 3.05) is 18.6 Å². The standard InChI is InChI=1S/C7H11N3O2S2/c1-4(5(11)12-2)3-13-7-10-9-6(8)14-7/h4H,3H2,1-2H3,(H2,8,9). The van der Waals surface area contributed by atoms with E-state index < -0.39 is 0 Å². The van der Waals surface area contributed by atoms with Gasteiger partial charge in [-0.25, -0.2) is 0 Å². The molecular weight excluding hydrogens is 222 g/mol. The maximum Gasteiger partial charge on any atom is 0.309 e. The summed E-state index contributed by atoms with van der Waals surface area (Å²) in [7, 11) is 1.38. The number of thioether (sulfide) groups is 1. The van der Waals surface area contributed by atoms with Crippen molar-refractivity contribution in [3.05, 3.63) is 0 Å². The summed E-state index contributed by atoms with van der Waals surface area (Å²) < 4.78 is 5.37. The van der Waals surface area contributed by atoms with E-state index in [1.807, 2.05) is 6.92 Å². The third-order valence-electron chi connectivity index (χ3n) is 1.48. The van der Waals surface area contributed by atoms with Gasteiger partial charge in [0.1, 0.15) is 0 Å². The molecule has 0 aromatic carbocycles. The summed E-state index contributed by atoms with van der Waals surface area (Å²) in [6.07, 6.45) is 0. The number of ether oxygens (including phenoxy) is 1. The van der Waals surface area contributed by atoms with Gasteiger partial charge in [-0.2, -0.15) is 0 Å². The molecule has 0 aliphatic rings. The largest absolute Gasteiger partial charge is 0.469 e. The van der Waals surface area contributed by atoms with Crippen LogP contribution in [0.25, 0.3) is 0 Å². The Balaban J connectivity index is 2.37. The van der Waals surface area contributed by atoms with Gasteiger partial charge >= 0.3 is 5.97 Å². The molecule has 1 atom stereocenters. The van der Waals surface area contributed by atoms with Crippen LogP contribution < -0.4 is 5.73 Å². The van der Waals surface area contributed by atoms with E-state index in [1.165, 1.54) is 30.2 Å². The van der Waals surface area contributed by atoms with Crippen molar-refractivity contribution in [3.63, 3.8) is 0 Å². The summed E-state index contributed by atoms with van der Waals surface area (Å²) in [5.74, 6) is 0.270. The number of nitrogens with zero attached hydrogens (tertiary/aromatic N) is 2. The van der Waals surface area contributed by atoms with Crippen molar-refractivity contribution in [1.29, 1.82) is 0 Å². The van der Waals surface area contributed by atoms with Crippen molar-refractivity contribution >= 4 is 34.2 Å². The number of rotatable bonds is 4. The molecule has 1 aromatic heterocycles. The van der Waals surface area contributed by atoms with Crippen LogP contribution >= 0.6 is 23.1 Å². The number of nitrogen functional groups attached to an aromatic ring is 1. The Morgan fingerprint density at radius 1 is 1.71 bits per heavy atom. The first kappa shape index (κ1) is 11.3. The smallest absolute Gasteiger partial charge is 0.309 e. The molecule has 2 N–H and O–H groups in total. The van der Waals surface area contributed by atoms with Gasteiger partial charge in [-0.1, -0.05) is 30.0 Å². The Morgan fingerprint density at radius 3 is 2.93 bits per heavy atom. The zero-order valence-electron chi connectivity index (χ0n) is 7.89. The maximum absolute atomic E-state index is 11.0. The molecule has 1 aromatic rings. The maximum atomic E-state index is 11.0. The van der Waals surface area contributed by atoms with Gasteiger partial charge in [0, 0.05) is 5.75 Å². The van der Waals surface area contributed by atoms with Crippen LogP contribution in [-0.2, 0) is 9.53 Å². The normalized spacial score (nSPS) is 12.4. The number of aromatic nitrogens is 2. The van der Waals surface area contributed by atoms with Gasteiger partial charge in [0.05, 0.1) is 13.0 Å². The van der Waals surface area contributed by atoms with Crippen molar-refractivity contribution in [1.82, 2.24) is 10.2 Å². The summed E-state index contributed by atoms with van der Waals surface area (Å²) in [6.45, 7) is 1.81. The molecule has 0 amide bonds. The van der Waals surface area contributed by atoms with E-state index in [4.69, 9.17) is 5.73 Å². The van der Waals surface area contributed by atoms with Gasteiger partial charge in [0.2, 0.25) is 5.13 Å². The van der Waals surface area contributed by atoms with Gasteiger partial charge in [0.25, 0.3) is 0 Å². The van der Waals surface area contributed by atoms with Gasteiger partial charge < -0.3 is 10.5 Å². The van der Waals surface area contributed by atoms with Gasteiger partial charge in [0.15, 0.2) is 4.34 Å². The Labute approximate surface area is 90.0 Å². The van der Waals surface area contributed by atoms with Crippen molar-refractivity contribution in [2.45, 2.75) is 11.3 Å². The van der Waals surface area contributed by atoms with Crippen LogP contribution in [0.3, 0.4) is 0 Å². The minimum absolute atomic E-state index is 0.143. The summed E-state index contributed by atoms with van der Waals surface area (Å²) in [5, 5.41) is 7.94. The number of hydrogen-bond acceptors (Lipinski definition) is 7. The van der Waals surface area contributed by atoms with Crippen LogP contribution in [0.1, 0.15) is 6.92 Å². The fourth-order valence-corrected chi connectivity index (χ4v) is 2.41. The van der Waals surface area contributed by atoms with E-state index in [0.717, 1.165) is 4.34 Å². The van der Waals surface area contributed by atoms with Crippen molar-refractivity contribution < 1.29 is 9.53 Å². The van der Waals surface area contributed by atoms with Crippen LogP contribution in [-0.4, -0.2) is 29.0 Å². The van der Waals surface area contributed by atoms with Gasteiger partial charge in [-0.3, -0.25) is 4.79 Å². The summed E-state index contributed by atoms with van der Waals surface area (Å²) in [4.78, 5) is 11.0. The lowest BCUT2D eigenvalue weighted by Crippen LogP contribution is -2.14. The molecule has 78 valence electrons. The van der Waals surface area contributed by atoms with E-state index in [1.54, 1.807) is 0 Å². The summed E-state index contributed by atoms with van der Waals surface area (Å²) in [5.41, 5.74) is 5.41. The minimum atomic E-state index is -0.213. The van der Waals surface area contributed by atoms with E-state index >= 15 is 0 Å². The molecule has 0 bridgehead atoms. The topological polar surface area (TPSA) is 78.1 Å². The van der Waals surface area contributed by atoms with Crippen LogP contribution in [0.5, 0.6) is 0 Å². The van der Waals surface area contributed by atoms with Crippen molar-refractivity contribution in [2.24, 2.45) is 5.92 Å². The average Bonchev–Trinajstić information content (AvgIpc) is 2.59. The number of esters is 1. The minimum Gasteiger partial charge on any atom is -0.469 e. The first-order valence-corrected chi connectivity index (χ1v) is 5.73. The molecule has 0 aliphatic carbocycles. The molecule has 14 heavy (non-hydrogen) atoms. The summed E-state index contributed by atoms with van der Waals surface area (Å²) >= 11 is 2.77. The number of nitrogens with two attached hydrogens (primary N) is 1. The third-order valence-corrected chi connectivity index (χ3v) is 3.63. The predicted molar refractivity (Wildman–Crippen MR) is 56.2 cm³/mol. The predicted octanol–water partition coefficient (Wildman–Crippen LogP) is 1.02. The van der Waals surface area contributed by atoms with Crippen LogP contribution in [0.15, 0.2) is 4.34 Å². The highest BCUT2D eigenvalue weighted by atomic mass is 32.2. The number of methoxy groups -OCH3 is 1. The fraction of sp³-hybridized carbons (Fsp3) is 0.571. The number of carbonyl (C=O) groups is 1. The molecule has 0 aliphatic heterocycles. The van der Waals surface area contributed by atoms with Gasteiger partial charge in [-0.15, -0.1) is 10.2 Å². The molecule has 0 spiro atoms. The second-order valence-corrected chi connectivity index (χ2v) is 4.92. The van der Waals surface area contributed by atoms with Crippen LogP contribution in [0.2, 0.25) is 0 Å². The van der Waals surface area contributed by atoms with Crippen LogP contribution in [0.4, 0.5) is 5.13 Å². The SMILES string of the molecule is COC(=O)C(C)CSc1nnc(N)s1.